The standard InChI is InChI=1S/C16H15ClFNO2S/c17-14-10-12(18)6-7-15(14)21-11-16(20)19-8-9-22-13-4-2-1-3-5-13/h1-7,10H,8-9,11H2,(H,19,20). The number of rotatable bonds is 7. The fourth-order valence-corrected chi connectivity index (χ4v) is 2.67. The maximum atomic E-state index is 12.9. The minimum absolute atomic E-state index is 0.146. The summed E-state index contributed by atoms with van der Waals surface area (Å²) in [6.07, 6.45) is 0. The molecule has 0 aliphatic carbocycles. The highest BCUT2D eigenvalue weighted by Gasteiger charge is 2.06. The van der Waals surface area contributed by atoms with Crippen LogP contribution in [0.15, 0.2) is 53.4 Å². The van der Waals surface area contributed by atoms with E-state index in [0.717, 1.165) is 16.7 Å². The van der Waals surface area contributed by atoms with Gasteiger partial charge in [0.25, 0.3) is 5.91 Å². The second kappa shape index (κ2) is 8.66. The number of carbonyl (C=O) groups is 1. The molecule has 0 heterocycles. The largest absolute Gasteiger partial charge is 0.482 e. The van der Waals surface area contributed by atoms with Gasteiger partial charge < -0.3 is 10.1 Å². The van der Waals surface area contributed by atoms with Crippen LogP contribution >= 0.6 is 23.4 Å². The molecule has 0 bridgehead atoms. The van der Waals surface area contributed by atoms with E-state index in [1.807, 2.05) is 30.3 Å². The lowest BCUT2D eigenvalue weighted by Crippen LogP contribution is -2.30. The van der Waals surface area contributed by atoms with Gasteiger partial charge in [-0.2, -0.15) is 0 Å². The molecule has 6 heteroatoms. The highest BCUT2D eigenvalue weighted by Crippen LogP contribution is 2.24. The van der Waals surface area contributed by atoms with E-state index in [0.29, 0.717) is 6.54 Å². The van der Waals surface area contributed by atoms with Crippen LogP contribution < -0.4 is 10.1 Å². The first-order valence-corrected chi connectivity index (χ1v) is 8.04. The Morgan fingerprint density at radius 1 is 1.23 bits per heavy atom. The summed E-state index contributed by atoms with van der Waals surface area (Å²) in [6.45, 7) is 0.389. The maximum Gasteiger partial charge on any atom is 0.257 e. The zero-order valence-electron chi connectivity index (χ0n) is 11.7. The first-order valence-electron chi connectivity index (χ1n) is 6.67. The van der Waals surface area contributed by atoms with Gasteiger partial charge in [0.1, 0.15) is 11.6 Å². The molecule has 0 aliphatic rings. The molecule has 0 saturated carbocycles. The van der Waals surface area contributed by atoms with Crippen molar-refractivity contribution >= 4 is 29.3 Å². The lowest BCUT2D eigenvalue weighted by Gasteiger charge is -2.08. The van der Waals surface area contributed by atoms with Gasteiger partial charge in [-0.25, -0.2) is 4.39 Å². The van der Waals surface area contributed by atoms with Gasteiger partial charge in [0.05, 0.1) is 5.02 Å². The summed E-state index contributed by atoms with van der Waals surface area (Å²) in [4.78, 5) is 12.8. The molecule has 0 spiro atoms. The summed E-state index contributed by atoms with van der Waals surface area (Å²) in [6, 6.07) is 13.7. The number of halogens is 2. The van der Waals surface area contributed by atoms with Crippen molar-refractivity contribution in [3.05, 3.63) is 59.4 Å². The molecule has 0 unspecified atom stereocenters. The van der Waals surface area contributed by atoms with E-state index in [1.54, 1.807) is 11.8 Å². The van der Waals surface area contributed by atoms with Gasteiger partial charge in [0.15, 0.2) is 6.61 Å². The fraction of sp³-hybridized carbons (Fsp3) is 0.188. The predicted molar refractivity (Wildman–Crippen MR) is 87.1 cm³/mol. The van der Waals surface area contributed by atoms with Gasteiger partial charge in [0.2, 0.25) is 0 Å². The van der Waals surface area contributed by atoms with Crippen molar-refractivity contribution in [1.82, 2.24) is 5.32 Å². The number of amides is 1. The molecule has 0 radical (unpaired) electrons. The van der Waals surface area contributed by atoms with Crippen molar-refractivity contribution in [1.29, 1.82) is 0 Å². The Hall–Kier alpha value is -1.72. The van der Waals surface area contributed by atoms with Gasteiger partial charge in [-0.05, 0) is 30.3 Å². The Kier molecular flexibility index (Phi) is 6.55. The molecule has 1 N–H and O–H groups in total. The smallest absolute Gasteiger partial charge is 0.257 e. The SMILES string of the molecule is O=C(COc1ccc(F)cc1Cl)NCCSc1ccccc1. The van der Waals surface area contributed by atoms with E-state index in [9.17, 15) is 9.18 Å². The molecule has 2 aromatic rings. The van der Waals surface area contributed by atoms with Crippen molar-refractivity contribution in [2.75, 3.05) is 18.9 Å². The van der Waals surface area contributed by atoms with E-state index >= 15 is 0 Å². The van der Waals surface area contributed by atoms with Crippen molar-refractivity contribution in [3.8, 4) is 5.75 Å². The number of carbonyl (C=O) groups excluding carboxylic acids is 1. The molecule has 3 nitrogen and oxygen atoms in total. The fourth-order valence-electron chi connectivity index (χ4n) is 1.66. The summed E-state index contributed by atoms with van der Waals surface area (Å²) in [5, 5.41) is 2.90. The molecule has 0 saturated heterocycles. The highest BCUT2D eigenvalue weighted by atomic mass is 35.5. The Morgan fingerprint density at radius 3 is 2.73 bits per heavy atom. The highest BCUT2D eigenvalue weighted by molar-refractivity contribution is 7.99. The molecule has 0 atom stereocenters. The monoisotopic (exact) mass is 339 g/mol. The first kappa shape index (κ1) is 16.6. The van der Waals surface area contributed by atoms with Crippen LogP contribution in [0, 0.1) is 5.82 Å². The Balaban J connectivity index is 1.65. The number of thioether (sulfide) groups is 1. The van der Waals surface area contributed by atoms with Crippen LogP contribution in [0.2, 0.25) is 5.02 Å². The third-order valence-corrected chi connectivity index (χ3v) is 4.00. The van der Waals surface area contributed by atoms with E-state index < -0.39 is 5.82 Å². The molecule has 22 heavy (non-hydrogen) atoms. The van der Waals surface area contributed by atoms with Gasteiger partial charge in [0, 0.05) is 17.2 Å². The van der Waals surface area contributed by atoms with Crippen LogP contribution in [-0.2, 0) is 4.79 Å². The topological polar surface area (TPSA) is 38.3 Å². The summed E-state index contributed by atoms with van der Waals surface area (Å²) in [5.41, 5.74) is 0. The van der Waals surface area contributed by atoms with Crippen LogP contribution in [0.5, 0.6) is 5.75 Å². The van der Waals surface area contributed by atoms with Crippen molar-refractivity contribution in [2.24, 2.45) is 0 Å². The molecule has 1 amide bonds. The molecule has 2 rings (SSSR count). The lowest BCUT2D eigenvalue weighted by atomic mass is 10.3. The van der Waals surface area contributed by atoms with Crippen molar-refractivity contribution < 1.29 is 13.9 Å². The molecular formula is C16H15ClFNO2S. The second-order valence-corrected chi connectivity index (χ2v) is 5.95. The average molecular weight is 340 g/mol. The van der Waals surface area contributed by atoms with Crippen LogP contribution in [0.25, 0.3) is 0 Å². The Labute approximate surface area is 137 Å². The molecular weight excluding hydrogens is 325 g/mol. The van der Waals surface area contributed by atoms with Crippen LogP contribution in [0.3, 0.4) is 0 Å². The van der Waals surface area contributed by atoms with E-state index in [1.165, 1.54) is 12.1 Å². The van der Waals surface area contributed by atoms with E-state index in [4.69, 9.17) is 16.3 Å². The van der Waals surface area contributed by atoms with Crippen molar-refractivity contribution in [3.63, 3.8) is 0 Å². The Morgan fingerprint density at radius 2 is 2.00 bits per heavy atom. The number of nitrogens with one attached hydrogen (secondary N) is 1. The van der Waals surface area contributed by atoms with Gasteiger partial charge >= 0.3 is 0 Å². The minimum Gasteiger partial charge on any atom is -0.482 e. The van der Waals surface area contributed by atoms with E-state index in [-0.39, 0.29) is 23.3 Å². The molecule has 0 aromatic heterocycles. The average Bonchev–Trinajstić information content (AvgIpc) is 2.52. The van der Waals surface area contributed by atoms with Crippen LogP contribution in [0.1, 0.15) is 0 Å². The van der Waals surface area contributed by atoms with Gasteiger partial charge in [-0.1, -0.05) is 29.8 Å². The minimum atomic E-state index is -0.445. The first-order chi connectivity index (χ1) is 10.6. The second-order valence-electron chi connectivity index (χ2n) is 4.37. The number of hydrogen-bond donors (Lipinski definition) is 1. The third kappa shape index (κ3) is 5.58. The zero-order valence-corrected chi connectivity index (χ0v) is 13.3. The lowest BCUT2D eigenvalue weighted by molar-refractivity contribution is -0.122. The van der Waals surface area contributed by atoms with Gasteiger partial charge in [-0.3, -0.25) is 4.79 Å². The number of hydrogen-bond acceptors (Lipinski definition) is 3. The molecule has 0 fully saturated rings. The quantitative estimate of drug-likeness (QED) is 0.616. The third-order valence-electron chi connectivity index (χ3n) is 2.69. The number of benzene rings is 2. The van der Waals surface area contributed by atoms with Crippen LogP contribution in [-0.4, -0.2) is 24.8 Å². The maximum absolute atomic E-state index is 12.9. The summed E-state index contributed by atoms with van der Waals surface area (Å²) in [5.74, 6) is 0.373. The molecule has 2 aromatic carbocycles. The summed E-state index contributed by atoms with van der Waals surface area (Å²) >= 11 is 7.47. The predicted octanol–water partition coefficient (Wildman–Crippen LogP) is 3.77. The Bertz CT molecular complexity index is 625. The van der Waals surface area contributed by atoms with Crippen molar-refractivity contribution in [2.45, 2.75) is 4.90 Å². The van der Waals surface area contributed by atoms with Crippen LogP contribution in [0.4, 0.5) is 4.39 Å². The molecule has 116 valence electrons. The summed E-state index contributed by atoms with van der Waals surface area (Å²) < 4.78 is 18.1. The van der Waals surface area contributed by atoms with E-state index in [2.05, 4.69) is 5.32 Å². The normalized spacial score (nSPS) is 10.3. The molecule has 0 aliphatic heterocycles. The summed E-state index contributed by atoms with van der Waals surface area (Å²) in [7, 11) is 0. The zero-order chi connectivity index (χ0) is 15.8. The number of ether oxygens (including phenoxy) is 1. The van der Waals surface area contributed by atoms with Gasteiger partial charge in [-0.15, -0.1) is 11.8 Å².